The Morgan fingerprint density at radius 2 is 2.00 bits per heavy atom. The van der Waals surface area contributed by atoms with Crippen LogP contribution in [0.25, 0.3) is 0 Å². The summed E-state index contributed by atoms with van der Waals surface area (Å²) in [5, 5.41) is 0. The molecule has 0 amide bonds. The second-order valence-electron chi connectivity index (χ2n) is 3.36. The molecular formula is C7H13F3N2. The lowest BCUT2D eigenvalue weighted by Crippen LogP contribution is -2.51. The summed E-state index contributed by atoms with van der Waals surface area (Å²) < 4.78 is 36.8. The van der Waals surface area contributed by atoms with Gasteiger partial charge < -0.3 is 10.6 Å². The molecule has 12 heavy (non-hydrogen) atoms. The first-order valence-electron chi connectivity index (χ1n) is 3.92. The second kappa shape index (κ2) is 3.22. The second-order valence-corrected chi connectivity index (χ2v) is 3.36. The SMILES string of the molecule is CN1CCC(N)C(C(F)(F)F)C1. The molecule has 1 aliphatic rings. The van der Waals surface area contributed by atoms with Gasteiger partial charge in [-0.25, -0.2) is 0 Å². The van der Waals surface area contributed by atoms with Gasteiger partial charge in [0.1, 0.15) is 0 Å². The number of alkyl halides is 3. The summed E-state index contributed by atoms with van der Waals surface area (Å²) in [6, 6.07) is -0.721. The van der Waals surface area contributed by atoms with E-state index in [1.807, 2.05) is 0 Å². The van der Waals surface area contributed by atoms with Crippen LogP contribution in [0, 0.1) is 5.92 Å². The van der Waals surface area contributed by atoms with Crippen LogP contribution in [0.3, 0.4) is 0 Å². The highest BCUT2D eigenvalue weighted by Crippen LogP contribution is 2.31. The molecule has 0 aliphatic carbocycles. The molecule has 2 N–H and O–H groups in total. The highest BCUT2D eigenvalue weighted by molar-refractivity contribution is 4.85. The zero-order valence-electron chi connectivity index (χ0n) is 6.93. The number of nitrogens with zero attached hydrogens (tertiary/aromatic N) is 1. The average molecular weight is 182 g/mol. The van der Waals surface area contributed by atoms with E-state index in [2.05, 4.69) is 0 Å². The van der Waals surface area contributed by atoms with E-state index in [0.717, 1.165) is 0 Å². The summed E-state index contributed by atoms with van der Waals surface area (Å²) in [5.74, 6) is -1.35. The first-order chi connectivity index (χ1) is 5.41. The molecule has 0 aromatic rings. The lowest BCUT2D eigenvalue weighted by atomic mass is 9.93. The van der Waals surface area contributed by atoms with E-state index >= 15 is 0 Å². The van der Waals surface area contributed by atoms with Crippen molar-refractivity contribution in [2.45, 2.75) is 18.6 Å². The Morgan fingerprint density at radius 3 is 2.42 bits per heavy atom. The van der Waals surface area contributed by atoms with Crippen LogP contribution in [0.4, 0.5) is 13.2 Å². The van der Waals surface area contributed by atoms with Crippen molar-refractivity contribution < 1.29 is 13.2 Å². The summed E-state index contributed by atoms with van der Waals surface area (Å²) in [7, 11) is 1.69. The molecule has 72 valence electrons. The maximum absolute atomic E-state index is 12.3. The van der Waals surface area contributed by atoms with Crippen molar-refractivity contribution in [3.8, 4) is 0 Å². The molecule has 0 saturated carbocycles. The zero-order valence-corrected chi connectivity index (χ0v) is 6.93. The lowest BCUT2D eigenvalue weighted by molar-refractivity contribution is -0.189. The Bertz CT molecular complexity index is 157. The zero-order chi connectivity index (χ0) is 9.35. The van der Waals surface area contributed by atoms with Gasteiger partial charge in [-0.2, -0.15) is 13.2 Å². The summed E-state index contributed by atoms with van der Waals surface area (Å²) in [5.41, 5.74) is 5.38. The van der Waals surface area contributed by atoms with Crippen LogP contribution in [0.1, 0.15) is 6.42 Å². The molecule has 2 unspecified atom stereocenters. The Morgan fingerprint density at radius 1 is 1.42 bits per heavy atom. The number of hydrogen-bond acceptors (Lipinski definition) is 2. The van der Waals surface area contributed by atoms with E-state index in [1.54, 1.807) is 11.9 Å². The highest BCUT2D eigenvalue weighted by Gasteiger charge is 2.45. The van der Waals surface area contributed by atoms with Gasteiger partial charge in [0.05, 0.1) is 5.92 Å². The molecule has 1 fully saturated rings. The van der Waals surface area contributed by atoms with Gasteiger partial charge in [0.25, 0.3) is 0 Å². The van der Waals surface area contributed by atoms with E-state index in [0.29, 0.717) is 13.0 Å². The average Bonchev–Trinajstić information content (AvgIpc) is 1.92. The molecule has 1 aliphatic heterocycles. The van der Waals surface area contributed by atoms with E-state index in [1.165, 1.54) is 0 Å². The largest absolute Gasteiger partial charge is 0.394 e. The fraction of sp³-hybridized carbons (Fsp3) is 1.00. The standard InChI is InChI=1S/C7H13F3N2/c1-12-3-2-6(11)5(4-12)7(8,9)10/h5-6H,2-4,11H2,1H3. The minimum atomic E-state index is -4.14. The molecule has 0 radical (unpaired) electrons. The Hall–Kier alpha value is -0.290. The van der Waals surface area contributed by atoms with Gasteiger partial charge in [0, 0.05) is 12.6 Å². The van der Waals surface area contributed by atoms with Crippen molar-refractivity contribution in [3.05, 3.63) is 0 Å². The van der Waals surface area contributed by atoms with Crippen LogP contribution in [0.5, 0.6) is 0 Å². The van der Waals surface area contributed by atoms with Crippen LogP contribution in [0.2, 0.25) is 0 Å². The Labute approximate surface area is 69.5 Å². The van der Waals surface area contributed by atoms with Crippen LogP contribution in [-0.2, 0) is 0 Å². The van der Waals surface area contributed by atoms with E-state index in [9.17, 15) is 13.2 Å². The van der Waals surface area contributed by atoms with E-state index < -0.39 is 18.1 Å². The van der Waals surface area contributed by atoms with E-state index in [4.69, 9.17) is 5.73 Å². The first kappa shape index (κ1) is 9.80. The fourth-order valence-electron chi connectivity index (χ4n) is 1.48. The fourth-order valence-corrected chi connectivity index (χ4v) is 1.48. The third kappa shape index (κ3) is 2.10. The molecule has 0 spiro atoms. The maximum Gasteiger partial charge on any atom is 0.394 e. The summed E-state index contributed by atoms with van der Waals surface area (Å²) in [6.07, 6.45) is -3.71. The van der Waals surface area contributed by atoms with E-state index in [-0.39, 0.29) is 6.54 Å². The number of nitrogens with two attached hydrogens (primary N) is 1. The third-order valence-corrected chi connectivity index (χ3v) is 2.29. The van der Waals surface area contributed by atoms with Crippen LogP contribution in [0.15, 0.2) is 0 Å². The van der Waals surface area contributed by atoms with Gasteiger partial charge in [-0.05, 0) is 20.0 Å². The van der Waals surface area contributed by atoms with Crippen LogP contribution in [-0.4, -0.2) is 37.3 Å². The van der Waals surface area contributed by atoms with Gasteiger partial charge in [0.15, 0.2) is 0 Å². The molecule has 5 heteroatoms. The number of rotatable bonds is 0. The summed E-state index contributed by atoms with van der Waals surface area (Å²) in [4.78, 5) is 1.67. The maximum atomic E-state index is 12.3. The van der Waals surface area contributed by atoms with Gasteiger partial charge in [-0.1, -0.05) is 0 Å². The monoisotopic (exact) mass is 182 g/mol. The highest BCUT2D eigenvalue weighted by atomic mass is 19.4. The van der Waals surface area contributed by atoms with Crippen molar-refractivity contribution in [1.82, 2.24) is 4.90 Å². The van der Waals surface area contributed by atoms with Crippen molar-refractivity contribution in [2.24, 2.45) is 11.7 Å². The smallest absolute Gasteiger partial charge is 0.327 e. The molecule has 0 aromatic heterocycles. The number of hydrogen-bond donors (Lipinski definition) is 1. The minimum Gasteiger partial charge on any atom is -0.327 e. The third-order valence-electron chi connectivity index (χ3n) is 2.29. The normalized spacial score (nSPS) is 33.8. The quantitative estimate of drug-likeness (QED) is 0.601. The molecule has 2 atom stereocenters. The van der Waals surface area contributed by atoms with Gasteiger partial charge in [0.2, 0.25) is 0 Å². The molecule has 0 bridgehead atoms. The van der Waals surface area contributed by atoms with Gasteiger partial charge in [-0.3, -0.25) is 0 Å². The predicted octanol–water partition coefficient (Wildman–Crippen LogP) is 0.828. The van der Waals surface area contributed by atoms with Crippen LogP contribution < -0.4 is 5.73 Å². The van der Waals surface area contributed by atoms with Crippen molar-refractivity contribution in [3.63, 3.8) is 0 Å². The molecule has 1 rings (SSSR count). The lowest BCUT2D eigenvalue weighted by Gasteiger charge is -2.35. The minimum absolute atomic E-state index is 0.0324. The van der Waals surface area contributed by atoms with Crippen LogP contribution >= 0.6 is 0 Å². The Balaban J connectivity index is 2.61. The van der Waals surface area contributed by atoms with Crippen molar-refractivity contribution >= 4 is 0 Å². The van der Waals surface area contributed by atoms with Gasteiger partial charge >= 0.3 is 6.18 Å². The molecule has 1 saturated heterocycles. The molecule has 2 nitrogen and oxygen atoms in total. The number of likely N-dealkylation sites (tertiary alicyclic amines) is 1. The Kier molecular flexibility index (Phi) is 2.63. The molecular weight excluding hydrogens is 169 g/mol. The summed E-state index contributed by atoms with van der Waals surface area (Å²) in [6.45, 7) is 0.693. The predicted molar refractivity (Wildman–Crippen MR) is 39.6 cm³/mol. The first-order valence-corrected chi connectivity index (χ1v) is 3.92. The molecule has 1 heterocycles. The van der Waals surface area contributed by atoms with Gasteiger partial charge in [-0.15, -0.1) is 0 Å². The van der Waals surface area contributed by atoms with Crippen molar-refractivity contribution in [1.29, 1.82) is 0 Å². The number of halogens is 3. The van der Waals surface area contributed by atoms with Crippen molar-refractivity contribution in [2.75, 3.05) is 20.1 Å². The summed E-state index contributed by atoms with van der Waals surface area (Å²) >= 11 is 0. The molecule has 0 aromatic carbocycles. The number of piperidine rings is 1. The topological polar surface area (TPSA) is 29.3 Å².